The molecule has 4 heteroatoms. The molecule has 0 radical (unpaired) electrons. The number of rotatable bonds is 6. The van der Waals surface area contributed by atoms with Crippen LogP contribution in [0.4, 0.5) is 0 Å². The standard InChI is InChI=1S/2C44H28N2/c1-2-10-33(11-3-1)46-42-17-9-7-15-38(42)44-37-14-5-4-12-34(37)39(27-43(44)46)32-21-20-28-24-29(18-19-30(28)25-32)31-22-23-36-35-13-6-8-16-40(35)45-41(36)26-31;1-2-12-29(13-3-1)46-42-21-11-9-19-38(42)44-37-18-7-6-16-33(37)39(27-43(44)46)34-25-24-30(31-14-4-5-15-32(31)34)28-22-23-36-35-17-8-10-20-40(35)45-41(36)26-28/h2*1-27,45H. The molecule has 0 aliphatic carbocycles. The fourth-order valence-corrected chi connectivity index (χ4v) is 15.3. The second-order valence-corrected chi connectivity index (χ2v) is 24.4. The Bertz CT molecular complexity index is 6370. The zero-order valence-electron chi connectivity index (χ0n) is 50.1. The lowest BCUT2D eigenvalue weighted by Gasteiger charge is -2.16. The maximum Gasteiger partial charge on any atom is 0.0553 e. The van der Waals surface area contributed by atoms with Crippen LogP contribution in [-0.2, 0) is 0 Å². The lowest BCUT2D eigenvalue weighted by Crippen LogP contribution is -1.94. The van der Waals surface area contributed by atoms with E-state index < -0.39 is 0 Å². The molecule has 16 aromatic carbocycles. The zero-order chi connectivity index (χ0) is 60.4. The summed E-state index contributed by atoms with van der Waals surface area (Å²) in [7, 11) is 0. The fraction of sp³-hybridized carbons (Fsp3) is 0. The van der Waals surface area contributed by atoms with E-state index in [9.17, 15) is 0 Å². The molecule has 4 heterocycles. The van der Waals surface area contributed by atoms with Crippen LogP contribution in [0.15, 0.2) is 328 Å². The Morgan fingerprint density at radius 1 is 0.185 bits per heavy atom. The average Bonchev–Trinajstić information content (AvgIpc) is 1.97. The van der Waals surface area contributed by atoms with Gasteiger partial charge in [0.25, 0.3) is 0 Å². The van der Waals surface area contributed by atoms with Gasteiger partial charge < -0.3 is 19.1 Å². The van der Waals surface area contributed by atoms with Gasteiger partial charge in [0.15, 0.2) is 0 Å². The van der Waals surface area contributed by atoms with Gasteiger partial charge in [-0.1, -0.05) is 243 Å². The van der Waals surface area contributed by atoms with Crippen molar-refractivity contribution in [2.24, 2.45) is 0 Å². The molecule has 0 atom stereocenters. The van der Waals surface area contributed by atoms with Gasteiger partial charge in [0.2, 0.25) is 0 Å². The smallest absolute Gasteiger partial charge is 0.0553 e. The molecule has 428 valence electrons. The monoisotopic (exact) mass is 1170 g/mol. The first-order valence-corrected chi connectivity index (χ1v) is 31.7. The van der Waals surface area contributed by atoms with E-state index in [-0.39, 0.29) is 0 Å². The number of hydrogen-bond acceptors (Lipinski definition) is 0. The molecule has 0 unspecified atom stereocenters. The second-order valence-electron chi connectivity index (χ2n) is 24.4. The third-order valence-electron chi connectivity index (χ3n) is 19.4. The molecule has 0 aliphatic rings. The quantitative estimate of drug-likeness (QED) is 0.167. The Kier molecular flexibility index (Phi) is 11.6. The van der Waals surface area contributed by atoms with E-state index in [2.05, 4.69) is 347 Å². The number of nitrogens with one attached hydrogen (secondary N) is 2. The summed E-state index contributed by atoms with van der Waals surface area (Å²) in [4.78, 5) is 7.24. The number of nitrogens with zero attached hydrogens (tertiary/aromatic N) is 2. The first-order chi connectivity index (χ1) is 45.6. The van der Waals surface area contributed by atoms with Gasteiger partial charge in [0.1, 0.15) is 0 Å². The topological polar surface area (TPSA) is 41.4 Å². The predicted molar refractivity (Wildman–Crippen MR) is 392 cm³/mol. The summed E-state index contributed by atoms with van der Waals surface area (Å²) in [5.41, 5.74) is 21.8. The van der Waals surface area contributed by atoms with Gasteiger partial charge in [0, 0.05) is 76.5 Å². The number of para-hydroxylation sites is 6. The van der Waals surface area contributed by atoms with E-state index in [1.807, 2.05) is 0 Å². The maximum absolute atomic E-state index is 3.64. The van der Waals surface area contributed by atoms with Crippen LogP contribution in [0.25, 0.3) is 186 Å². The minimum absolute atomic E-state index is 1.16. The van der Waals surface area contributed by atoms with E-state index in [1.54, 1.807) is 0 Å². The van der Waals surface area contributed by atoms with E-state index in [1.165, 1.54) is 181 Å². The number of H-pyrrole nitrogens is 2. The average molecular weight is 1170 g/mol. The van der Waals surface area contributed by atoms with Gasteiger partial charge in [-0.3, -0.25) is 0 Å². The van der Waals surface area contributed by atoms with Crippen LogP contribution in [0.2, 0.25) is 0 Å². The lowest BCUT2D eigenvalue weighted by molar-refractivity contribution is 1.18. The van der Waals surface area contributed by atoms with E-state index in [0.717, 1.165) is 5.52 Å². The van der Waals surface area contributed by atoms with Crippen LogP contribution in [0, 0.1) is 0 Å². The molecule has 0 saturated heterocycles. The predicted octanol–water partition coefficient (Wildman–Crippen LogP) is 24.1. The van der Waals surface area contributed by atoms with Crippen LogP contribution in [-0.4, -0.2) is 19.1 Å². The van der Waals surface area contributed by atoms with Crippen LogP contribution in [0.1, 0.15) is 0 Å². The van der Waals surface area contributed by atoms with Gasteiger partial charge in [-0.15, -0.1) is 0 Å². The number of fused-ring (bicyclic) bond motifs is 18. The van der Waals surface area contributed by atoms with E-state index in [4.69, 9.17) is 0 Å². The largest absolute Gasteiger partial charge is 0.354 e. The van der Waals surface area contributed by atoms with E-state index >= 15 is 0 Å². The van der Waals surface area contributed by atoms with Crippen molar-refractivity contribution < 1.29 is 0 Å². The normalized spacial score (nSPS) is 11.9. The van der Waals surface area contributed by atoms with Crippen molar-refractivity contribution in [1.82, 2.24) is 19.1 Å². The molecule has 20 aromatic rings. The molecule has 92 heavy (non-hydrogen) atoms. The summed E-state index contributed by atoms with van der Waals surface area (Å²) >= 11 is 0. The minimum Gasteiger partial charge on any atom is -0.354 e. The first-order valence-electron chi connectivity index (χ1n) is 31.7. The third-order valence-corrected chi connectivity index (χ3v) is 19.4. The van der Waals surface area contributed by atoms with Gasteiger partial charge >= 0.3 is 0 Å². The Labute approximate surface area is 529 Å². The lowest BCUT2D eigenvalue weighted by atomic mass is 9.89. The van der Waals surface area contributed by atoms with Crippen LogP contribution in [0.3, 0.4) is 0 Å². The zero-order valence-corrected chi connectivity index (χ0v) is 50.1. The van der Waals surface area contributed by atoms with Crippen LogP contribution < -0.4 is 0 Å². The highest BCUT2D eigenvalue weighted by molar-refractivity contribution is 6.27. The van der Waals surface area contributed by atoms with Crippen molar-refractivity contribution in [2.45, 2.75) is 0 Å². The molecular formula is C88H56N4. The molecule has 0 fully saturated rings. The second kappa shape index (κ2) is 20.7. The molecule has 0 bridgehead atoms. The molecule has 0 amide bonds. The SMILES string of the molecule is c1ccc(-n2c3ccccc3c3c4ccccc4c(-c4ccc(-c5ccc6c(c5)[nH]c5ccccc56)c5ccccc45)cc32)cc1.c1ccc(-n2c3ccccc3c3c4ccccc4c(-c4ccc5cc(-c6ccc7c(c6)[nH]c6ccccc67)ccc5c4)cc32)cc1. The molecule has 4 aromatic heterocycles. The summed E-state index contributed by atoms with van der Waals surface area (Å²) in [5, 5.41) is 20.3. The van der Waals surface area contributed by atoms with Crippen molar-refractivity contribution in [3.63, 3.8) is 0 Å². The number of aromatic nitrogens is 4. The highest BCUT2D eigenvalue weighted by Crippen LogP contribution is 2.46. The molecular weight excluding hydrogens is 1110 g/mol. The van der Waals surface area contributed by atoms with Gasteiger partial charge in [-0.2, -0.15) is 0 Å². The Hall–Kier alpha value is -12.2. The molecule has 2 N–H and O–H groups in total. The van der Waals surface area contributed by atoms with Gasteiger partial charge in [0.05, 0.1) is 22.1 Å². The summed E-state index contributed by atoms with van der Waals surface area (Å²) in [6.07, 6.45) is 0. The molecule has 0 aliphatic heterocycles. The number of hydrogen-bond donors (Lipinski definition) is 2. The van der Waals surface area contributed by atoms with Crippen molar-refractivity contribution in [3.05, 3.63) is 328 Å². The Balaban J connectivity index is 0.000000132. The highest BCUT2D eigenvalue weighted by Gasteiger charge is 2.22. The van der Waals surface area contributed by atoms with Crippen molar-refractivity contribution >= 4 is 130 Å². The first kappa shape index (κ1) is 51.8. The molecule has 4 nitrogen and oxygen atoms in total. The van der Waals surface area contributed by atoms with Gasteiger partial charge in [-0.05, 0) is 173 Å². The third kappa shape index (κ3) is 8.10. The number of benzene rings is 16. The summed E-state index contributed by atoms with van der Waals surface area (Å²) in [6.45, 7) is 0. The van der Waals surface area contributed by atoms with Crippen LogP contribution >= 0.6 is 0 Å². The molecule has 0 spiro atoms. The van der Waals surface area contributed by atoms with Crippen molar-refractivity contribution in [2.75, 3.05) is 0 Å². The Morgan fingerprint density at radius 3 is 1.09 bits per heavy atom. The van der Waals surface area contributed by atoms with E-state index in [0.29, 0.717) is 0 Å². The van der Waals surface area contributed by atoms with Crippen molar-refractivity contribution in [1.29, 1.82) is 0 Å². The number of aromatic amines is 2. The highest BCUT2D eigenvalue weighted by atomic mass is 15.0. The summed E-state index contributed by atoms with van der Waals surface area (Å²) in [5.74, 6) is 0. The van der Waals surface area contributed by atoms with Crippen LogP contribution in [0.5, 0.6) is 0 Å². The Morgan fingerprint density at radius 2 is 0.533 bits per heavy atom. The summed E-state index contributed by atoms with van der Waals surface area (Å²) < 4.78 is 4.84. The fourth-order valence-electron chi connectivity index (χ4n) is 15.3. The summed E-state index contributed by atoms with van der Waals surface area (Å²) in [6, 6.07) is 120. The molecule has 20 rings (SSSR count). The molecule has 0 saturated carbocycles. The van der Waals surface area contributed by atoms with Gasteiger partial charge in [-0.25, -0.2) is 0 Å². The van der Waals surface area contributed by atoms with Crippen molar-refractivity contribution in [3.8, 4) is 55.9 Å². The maximum atomic E-state index is 3.64. The minimum atomic E-state index is 1.16.